The van der Waals surface area contributed by atoms with E-state index in [9.17, 15) is 4.79 Å². The Hall–Kier alpha value is -2.31. The van der Waals surface area contributed by atoms with Crippen LogP contribution >= 0.6 is 0 Å². The molecule has 1 aliphatic rings. The van der Waals surface area contributed by atoms with Crippen molar-refractivity contribution in [2.24, 2.45) is 5.92 Å². The Morgan fingerprint density at radius 3 is 2.95 bits per heavy atom. The molecule has 100 valence electrons. The van der Waals surface area contributed by atoms with Crippen LogP contribution in [-0.2, 0) is 0 Å². The zero-order chi connectivity index (χ0) is 13.2. The van der Waals surface area contributed by atoms with Crippen LogP contribution in [0.2, 0.25) is 0 Å². The van der Waals surface area contributed by atoms with E-state index in [4.69, 9.17) is 0 Å². The number of nitrogens with zero attached hydrogens (tertiary/aromatic N) is 3. The SMILES string of the molecule is C[C@H](C1CC1)n1nccc1NC(=O)Nc1ccn[nH]1. The molecule has 1 atom stereocenters. The molecule has 0 bridgehead atoms. The largest absolute Gasteiger partial charge is 0.325 e. The van der Waals surface area contributed by atoms with Crippen molar-refractivity contribution < 1.29 is 4.79 Å². The van der Waals surface area contributed by atoms with Crippen molar-refractivity contribution in [3.8, 4) is 0 Å². The number of H-pyrrole nitrogens is 1. The highest BCUT2D eigenvalue weighted by molar-refractivity contribution is 5.98. The van der Waals surface area contributed by atoms with E-state index >= 15 is 0 Å². The molecule has 2 heterocycles. The summed E-state index contributed by atoms with van der Waals surface area (Å²) in [5, 5.41) is 16.2. The molecule has 3 N–H and O–H groups in total. The van der Waals surface area contributed by atoms with E-state index in [1.54, 1.807) is 24.5 Å². The van der Waals surface area contributed by atoms with Crippen LogP contribution in [0.25, 0.3) is 0 Å². The third-order valence-corrected chi connectivity index (χ3v) is 3.35. The van der Waals surface area contributed by atoms with E-state index in [-0.39, 0.29) is 6.03 Å². The van der Waals surface area contributed by atoms with Crippen molar-refractivity contribution in [3.05, 3.63) is 24.5 Å². The summed E-state index contributed by atoms with van der Waals surface area (Å²) >= 11 is 0. The highest BCUT2D eigenvalue weighted by Gasteiger charge is 2.30. The first-order chi connectivity index (χ1) is 9.24. The van der Waals surface area contributed by atoms with Gasteiger partial charge in [-0.25, -0.2) is 9.48 Å². The lowest BCUT2D eigenvalue weighted by Gasteiger charge is -2.15. The summed E-state index contributed by atoms with van der Waals surface area (Å²) in [4.78, 5) is 11.8. The van der Waals surface area contributed by atoms with Gasteiger partial charge in [-0.05, 0) is 25.7 Å². The first-order valence-electron chi connectivity index (χ1n) is 6.35. The van der Waals surface area contributed by atoms with Crippen molar-refractivity contribution in [1.29, 1.82) is 0 Å². The molecule has 7 nitrogen and oxygen atoms in total. The topological polar surface area (TPSA) is 87.6 Å². The number of amides is 2. The second-order valence-electron chi connectivity index (χ2n) is 4.79. The molecule has 3 rings (SSSR count). The number of carbonyl (C=O) groups excluding carboxylic acids is 1. The maximum atomic E-state index is 11.8. The first kappa shape index (κ1) is 11.8. The molecular weight excluding hydrogens is 244 g/mol. The fraction of sp³-hybridized carbons (Fsp3) is 0.417. The minimum absolute atomic E-state index is 0.311. The fourth-order valence-electron chi connectivity index (χ4n) is 2.11. The molecule has 19 heavy (non-hydrogen) atoms. The van der Waals surface area contributed by atoms with Gasteiger partial charge in [-0.15, -0.1) is 0 Å². The number of hydrogen-bond donors (Lipinski definition) is 3. The summed E-state index contributed by atoms with van der Waals surface area (Å²) in [5.41, 5.74) is 0. The zero-order valence-corrected chi connectivity index (χ0v) is 10.6. The number of carbonyl (C=O) groups is 1. The van der Waals surface area contributed by atoms with E-state index in [1.807, 2.05) is 4.68 Å². The van der Waals surface area contributed by atoms with Gasteiger partial charge in [0.15, 0.2) is 0 Å². The highest BCUT2D eigenvalue weighted by atomic mass is 16.2. The molecule has 1 saturated carbocycles. The number of nitrogens with one attached hydrogen (secondary N) is 3. The maximum absolute atomic E-state index is 11.8. The average Bonchev–Trinajstić information content (AvgIpc) is 2.93. The number of aromatic amines is 1. The second kappa shape index (κ2) is 4.75. The van der Waals surface area contributed by atoms with Crippen LogP contribution in [0.5, 0.6) is 0 Å². The minimum Gasteiger partial charge on any atom is -0.292 e. The van der Waals surface area contributed by atoms with Gasteiger partial charge in [0.25, 0.3) is 0 Å². The smallest absolute Gasteiger partial charge is 0.292 e. The monoisotopic (exact) mass is 260 g/mol. The maximum Gasteiger partial charge on any atom is 0.325 e. The predicted octanol–water partition coefficient (Wildman–Crippen LogP) is 2.22. The second-order valence-corrected chi connectivity index (χ2v) is 4.79. The Labute approximate surface area is 110 Å². The molecule has 2 aromatic heterocycles. The van der Waals surface area contributed by atoms with Crippen LogP contribution in [0.1, 0.15) is 25.8 Å². The molecule has 0 aliphatic heterocycles. The summed E-state index contributed by atoms with van der Waals surface area (Å²) in [6.07, 6.45) is 5.75. The minimum atomic E-state index is -0.311. The Morgan fingerprint density at radius 1 is 1.42 bits per heavy atom. The Morgan fingerprint density at radius 2 is 2.26 bits per heavy atom. The number of aromatic nitrogens is 4. The summed E-state index contributed by atoms with van der Waals surface area (Å²) in [6.45, 7) is 2.13. The molecule has 7 heteroatoms. The molecule has 1 fully saturated rings. The van der Waals surface area contributed by atoms with E-state index in [0.717, 1.165) is 0 Å². The molecule has 0 unspecified atom stereocenters. The van der Waals surface area contributed by atoms with Crippen molar-refractivity contribution >= 4 is 17.7 Å². The van der Waals surface area contributed by atoms with Gasteiger partial charge in [0.05, 0.1) is 18.4 Å². The zero-order valence-electron chi connectivity index (χ0n) is 10.6. The lowest BCUT2D eigenvalue weighted by molar-refractivity contribution is 0.261. The quantitative estimate of drug-likeness (QED) is 0.787. The van der Waals surface area contributed by atoms with Gasteiger partial charge in [0.2, 0.25) is 0 Å². The molecule has 2 aromatic rings. The number of rotatable bonds is 4. The van der Waals surface area contributed by atoms with Gasteiger partial charge in [-0.1, -0.05) is 0 Å². The van der Waals surface area contributed by atoms with Crippen LogP contribution in [0.3, 0.4) is 0 Å². The highest BCUT2D eigenvalue weighted by Crippen LogP contribution is 2.40. The number of anilines is 2. The van der Waals surface area contributed by atoms with Crippen LogP contribution in [0.15, 0.2) is 24.5 Å². The van der Waals surface area contributed by atoms with E-state index in [0.29, 0.717) is 23.6 Å². The third kappa shape index (κ3) is 2.59. The predicted molar refractivity (Wildman–Crippen MR) is 70.9 cm³/mol. The van der Waals surface area contributed by atoms with E-state index < -0.39 is 0 Å². The van der Waals surface area contributed by atoms with Gasteiger partial charge in [0, 0.05) is 12.1 Å². The lowest BCUT2D eigenvalue weighted by atomic mass is 10.2. The van der Waals surface area contributed by atoms with E-state index in [2.05, 4.69) is 32.9 Å². The number of hydrogen-bond acceptors (Lipinski definition) is 3. The molecule has 1 aliphatic carbocycles. The lowest BCUT2D eigenvalue weighted by Crippen LogP contribution is -2.23. The van der Waals surface area contributed by atoms with Crippen molar-refractivity contribution in [2.75, 3.05) is 10.6 Å². The molecular formula is C12H16N6O. The first-order valence-corrected chi connectivity index (χ1v) is 6.35. The fourth-order valence-corrected chi connectivity index (χ4v) is 2.11. The summed E-state index contributed by atoms with van der Waals surface area (Å²) in [7, 11) is 0. The van der Waals surface area contributed by atoms with Crippen LogP contribution in [0.4, 0.5) is 16.4 Å². The van der Waals surface area contributed by atoms with Gasteiger partial charge >= 0.3 is 6.03 Å². The van der Waals surface area contributed by atoms with Crippen LogP contribution in [0, 0.1) is 5.92 Å². The summed E-state index contributed by atoms with van der Waals surface area (Å²) in [5.74, 6) is 1.94. The van der Waals surface area contributed by atoms with Crippen molar-refractivity contribution in [3.63, 3.8) is 0 Å². The van der Waals surface area contributed by atoms with Gasteiger partial charge in [-0.2, -0.15) is 10.2 Å². The van der Waals surface area contributed by atoms with E-state index in [1.165, 1.54) is 12.8 Å². The normalized spacial score (nSPS) is 16.1. The van der Waals surface area contributed by atoms with Crippen molar-refractivity contribution in [2.45, 2.75) is 25.8 Å². The van der Waals surface area contributed by atoms with Crippen LogP contribution < -0.4 is 10.6 Å². The standard InChI is InChI=1S/C12H16N6O/c1-8(9-2-3-9)18-11(5-7-14-18)16-12(19)15-10-4-6-13-17-10/h4-9H,2-3H2,1H3,(H3,13,15,16,17,19)/t8-/m1/s1. The van der Waals surface area contributed by atoms with Crippen molar-refractivity contribution in [1.82, 2.24) is 20.0 Å². The molecule has 0 spiro atoms. The van der Waals surface area contributed by atoms with Gasteiger partial charge < -0.3 is 0 Å². The molecule has 2 amide bonds. The molecule has 0 radical (unpaired) electrons. The molecule has 0 saturated heterocycles. The van der Waals surface area contributed by atoms with Crippen LogP contribution in [-0.4, -0.2) is 26.0 Å². The number of urea groups is 1. The third-order valence-electron chi connectivity index (χ3n) is 3.35. The summed E-state index contributed by atoms with van der Waals surface area (Å²) in [6, 6.07) is 3.49. The van der Waals surface area contributed by atoms with Gasteiger partial charge in [-0.3, -0.25) is 15.7 Å². The Bertz CT molecular complexity index is 557. The average molecular weight is 260 g/mol. The Kier molecular flexibility index (Phi) is 2.94. The van der Waals surface area contributed by atoms with Gasteiger partial charge in [0.1, 0.15) is 11.6 Å². The molecule has 0 aromatic carbocycles. The Balaban J connectivity index is 1.66. The summed E-state index contributed by atoms with van der Waals surface area (Å²) < 4.78 is 1.87.